The molecule has 4 rings (SSSR count). The van der Waals surface area contributed by atoms with Gasteiger partial charge in [0.1, 0.15) is 23.9 Å². The van der Waals surface area contributed by atoms with E-state index in [0.29, 0.717) is 17.1 Å². The minimum atomic E-state index is -1.07. The highest BCUT2D eigenvalue weighted by Gasteiger charge is 2.31. The normalized spacial score (nSPS) is 14.0. The van der Waals surface area contributed by atoms with E-state index in [1.807, 2.05) is 6.07 Å². The molecular formula is C23H20FNO5. The Labute approximate surface area is 172 Å². The zero-order valence-electron chi connectivity index (χ0n) is 16.0. The average molecular weight is 409 g/mol. The van der Waals surface area contributed by atoms with E-state index in [2.05, 4.69) is 5.32 Å². The fourth-order valence-corrected chi connectivity index (χ4v) is 2.82. The van der Waals surface area contributed by atoms with Crippen molar-refractivity contribution in [1.29, 1.82) is 0 Å². The number of halogens is 1. The van der Waals surface area contributed by atoms with Crippen molar-refractivity contribution in [3.63, 3.8) is 0 Å². The van der Waals surface area contributed by atoms with Gasteiger partial charge in [-0.25, -0.2) is 9.18 Å². The molecule has 0 bridgehead atoms. The van der Waals surface area contributed by atoms with Crippen LogP contribution in [0.5, 0.6) is 5.75 Å². The van der Waals surface area contributed by atoms with E-state index in [1.54, 1.807) is 30.3 Å². The topological polar surface area (TPSA) is 77.8 Å². The molecule has 0 spiro atoms. The molecule has 1 saturated carbocycles. The first-order valence-corrected chi connectivity index (χ1v) is 9.62. The van der Waals surface area contributed by atoms with Gasteiger partial charge in [-0.3, -0.25) is 4.79 Å². The lowest BCUT2D eigenvalue weighted by Gasteiger charge is -2.17. The van der Waals surface area contributed by atoms with Crippen molar-refractivity contribution in [3.05, 3.63) is 89.6 Å². The van der Waals surface area contributed by atoms with Crippen LogP contribution in [-0.2, 0) is 16.1 Å². The molecule has 0 radical (unpaired) electrons. The highest BCUT2D eigenvalue weighted by Crippen LogP contribution is 2.24. The molecule has 0 aliphatic heterocycles. The van der Waals surface area contributed by atoms with Crippen LogP contribution < -0.4 is 10.1 Å². The van der Waals surface area contributed by atoms with E-state index < -0.39 is 12.1 Å². The summed E-state index contributed by atoms with van der Waals surface area (Å²) in [6.07, 6.45) is 0.788. The van der Waals surface area contributed by atoms with Crippen LogP contribution in [0.15, 0.2) is 71.1 Å². The van der Waals surface area contributed by atoms with Crippen molar-refractivity contribution >= 4 is 11.9 Å². The molecule has 154 valence electrons. The minimum absolute atomic E-state index is 0.0344. The quantitative estimate of drug-likeness (QED) is 0.565. The number of amides is 1. The summed E-state index contributed by atoms with van der Waals surface area (Å²) in [4.78, 5) is 25.2. The van der Waals surface area contributed by atoms with Crippen LogP contribution in [-0.4, -0.2) is 17.9 Å². The number of furan rings is 1. The van der Waals surface area contributed by atoms with Crippen LogP contribution in [0, 0.1) is 5.82 Å². The third-order valence-corrected chi connectivity index (χ3v) is 4.55. The SMILES string of the molecule is O=C(OC(C(=O)NC1CC1)c1ccccc1)c1ccc(COc2ccc(F)cc2)o1. The third kappa shape index (κ3) is 5.05. The average Bonchev–Trinajstić information content (AvgIpc) is 3.44. The Morgan fingerprint density at radius 1 is 1.03 bits per heavy atom. The molecule has 1 aromatic heterocycles. The molecule has 6 nitrogen and oxygen atoms in total. The van der Waals surface area contributed by atoms with E-state index in [-0.39, 0.29) is 30.1 Å². The molecule has 1 N–H and O–H groups in total. The largest absolute Gasteiger partial charge is 0.486 e. The van der Waals surface area contributed by atoms with Crippen molar-refractivity contribution < 1.29 is 27.9 Å². The Morgan fingerprint density at radius 2 is 1.77 bits per heavy atom. The van der Waals surface area contributed by atoms with Gasteiger partial charge >= 0.3 is 5.97 Å². The summed E-state index contributed by atoms with van der Waals surface area (Å²) in [5.41, 5.74) is 0.579. The van der Waals surface area contributed by atoms with Gasteiger partial charge in [-0.2, -0.15) is 0 Å². The molecular weight excluding hydrogens is 389 g/mol. The number of hydrogen-bond donors (Lipinski definition) is 1. The molecule has 1 atom stereocenters. The van der Waals surface area contributed by atoms with E-state index in [1.165, 1.54) is 30.3 Å². The number of carbonyl (C=O) groups excluding carboxylic acids is 2. The molecule has 1 fully saturated rings. The summed E-state index contributed by atoms with van der Waals surface area (Å²) in [6, 6.07) is 17.6. The first kappa shape index (κ1) is 19.7. The maximum absolute atomic E-state index is 12.9. The lowest BCUT2D eigenvalue weighted by atomic mass is 10.1. The number of rotatable bonds is 8. The summed E-state index contributed by atoms with van der Waals surface area (Å²) in [7, 11) is 0. The first-order valence-electron chi connectivity index (χ1n) is 9.62. The lowest BCUT2D eigenvalue weighted by Crippen LogP contribution is -2.33. The minimum Gasteiger partial charge on any atom is -0.486 e. The summed E-state index contributed by atoms with van der Waals surface area (Å²) in [5, 5.41) is 2.86. The lowest BCUT2D eigenvalue weighted by molar-refractivity contribution is -0.130. The summed E-state index contributed by atoms with van der Waals surface area (Å²) < 4.78 is 29.4. The highest BCUT2D eigenvalue weighted by atomic mass is 19.1. The van der Waals surface area contributed by atoms with E-state index in [9.17, 15) is 14.0 Å². The van der Waals surface area contributed by atoms with Crippen LogP contribution >= 0.6 is 0 Å². The second-order valence-electron chi connectivity index (χ2n) is 6.99. The third-order valence-electron chi connectivity index (χ3n) is 4.55. The van der Waals surface area contributed by atoms with Gasteiger partial charge in [0.15, 0.2) is 0 Å². The predicted octanol–water partition coefficient (Wildman–Crippen LogP) is 4.17. The van der Waals surface area contributed by atoms with Crippen LogP contribution in [0.1, 0.15) is 40.8 Å². The highest BCUT2D eigenvalue weighted by molar-refractivity contribution is 5.90. The first-order chi connectivity index (χ1) is 14.6. The van der Waals surface area contributed by atoms with Gasteiger partial charge < -0.3 is 19.2 Å². The fraction of sp³-hybridized carbons (Fsp3) is 0.217. The van der Waals surface area contributed by atoms with E-state index in [4.69, 9.17) is 13.9 Å². The maximum atomic E-state index is 12.9. The smallest absolute Gasteiger partial charge is 0.375 e. The van der Waals surface area contributed by atoms with Gasteiger partial charge in [0.25, 0.3) is 5.91 Å². The van der Waals surface area contributed by atoms with Gasteiger partial charge in [-0.15, -0.1) is 0 Å². The van der Waals surface area contributed by atoms with Crippen molar-refractivity contribution in [3.8, 4) is 5.75 Å². The number of esters is 1. The van der Waals surface area contributed by atoms with Crippen LogP contribution in [0.4, 0.5) is 4.39 Å². The maximum Gasteiger partial charge on any atom is 0.375 e. The van der Waals surface area contributed by atoms with E-state index >= 15 is 0 Å². The Bertz CT molecular complexity index is 1010. The van der Waals surface area contributed by atoms with Crippen molar-refractivity contribution in [2.24, 2.45) is 0 Å². The van der Waals surface area contributed by atoms with Crippen LogP contribution in [0.2, 0.25) is 0 Å². The number of carbonyl (C=O) groups is 2. The van der Waals surface area contributed by atoms with Crippen LogP contribution in [0.3, 0.4) is 0 Å². The number of nitrogens with one attached hydrogen (secondary N) is 1. The van der Waals surface area contributed by atoms with Crippen molar-refractivity contribution in [2.45, 2.75) is 31.6 Å². The van der Waals surface area contributed by atoms with Crippen molar-refractivity contribution in [2.75, 3.05) is 0 Å². The standard InChI is InChI=1S/C23H20FNO5/c24-16-6-10-18(11-7-16)28-14-19-12-13-20(29-19)23(27)30-21(15-4-2-1-3-5-15)22(26)25-17-8-9-17/h1-7,10-13,17,21H,8-9,14H2,(H,25,26). The van der Waals surface area contributed by atoms with Gasteiger partial charge in [-0.05, 0) is 49.2 Å². The van der Waals surface area contributed by atoms with E-state index in [0.717, 1.165) is 12.8 Å². The fourth-order valence-electron chi connectivity index (χ4n) is 2.82. The predicted molar refractivity (Wildman–Crippen MR) is 105 cm³/mol. The second-order valence-corrected chi connectivity index (χ2v) is 6.99. The molecule has 0 saturated heterocycles. The summed E-state index contributed by atoms with van der Waals surface area (Å²) in [5.74, 6) is -0.633. The number of hydrogen-bond acceptors (Lipinski definition) is 5. The summed E-state index contributed by atoms with van der Waals surface area (Å²) >= 11 is 0. The molecule has 1 unspecified atom stereocenters. The molecule has 30 heavy (non-hydrogen) atoms. The van der Waals surface area contributed by atoms with Crippen LogP contribution in [0.25, 0.3) is 0 Å². The van der Waals surface area contributed by atoms with Gasteiger partial charge in [-0.1, -0.05) is 30.3 Å². The molecule has 1 aliphatic rings. The number of ether oxygens (including phenoxy) is 2. The molecule has 2 aromatic carbocycles. The molecule has 1 aliphatic carbocycles. The number of benzene rings is 2. The zero-order chi connectivity index (χ0) is 20.9. The monoisotopic (exact) mass is 409 g/mol. The zero-order valence-corrected chi connectivity index (χ0v) is 16.0. The Hall–Kier alpha value is -3.61. The summed E-state index contributed by atoms with van der Waals surface area (Å²) in [6.45, 7) is 0.0587. The molecule has 1 amide bonds. The van der Waals surface area contributed by atoms with Gasteiger partial charge in [0.2, 0.25) is 11.9 Å². The Balaban J connectivity index is 1.41. The Morgan fingerprint density at radius 3 is 2.47 bits per heavy atom. The molecule has 3 aromatic rings. The molecule has 1 heterocycles. The second kappa shape index (κ2) is 8.82. The van der Waals surface area contributed by atoms with Crippen molar-refractivity contribution in [1.82, 2.24) is 5.32 Å². The Kier molecular flexibility index (Phi) is 5.79. The van der Waals surface area contributed by atoms with Gasteiger partial charge in [0, 0.05) is 11.6 Å². The van der Waals surface area contributed by atoms with Gasteiger partial charge in [0.05, 0.1) is 0 Å². The molecule has 7 heteroatoms.